The summed E-state index contributed by atoms with van der Waals surface area (Å²) < 4.78 is 10.6. The van der Waals surface area contributed by atoms with Crippen LogP contribution in [0.25, 0.3) is 0 Å². The second-order valence-corrected chi connectivity index (χ2v) is 6.08. The fraction of sp³-hybridized carbons (Fsp3) is 0.867. The van der Waals surface area contributed by atoms with Gasteiger partial charge in [-0.15, -0.1) is 0 Å². The van der Waals surface area contributed by atoms with E-state index < -0.39 is 18.0 Å². The third-order valence-corrected chi connectivity index (χ3v) is 2.89. The Hall–Kier alpha value is -0.900. The quantitative estimate of drug-likeness (QED) is 0.528. The lowest BCUT2D eigenvalue weighted by Crippen LogP contribution is -2.45. The molecule has 0 heterocycles. The van der Waals surface area contributed by atoms with E-state index in [1.807, 2.05) is 41.5 Å². The molecule has 0 rings (SSSR count). The van der Waals surface area contributed by atoms with Crippen molar-refractivity contribution in [3.8, 4) is 0 Å². The maximum atomic E-state index is 12.6. The Labute approximate surface area is 116 Å². The van der Waals surface area contributed by atoms with Crippen LogP contribution in [0.1, 0.15) is 48.5 Å². The summed E-state index contributed by atoms with van der Waals surface area (Å²) in [6.45, 7) is 13.8. The molecule has 0 aromatic heterocycles. The van der Waals surface area contributed by atoms with Crippen molar-refractivity contribution < 1.29 is 19.1 Å². The molecular weight excluding hydrogens is 244 g/mol. The second kappa shape index (κ2) is 7.63. The molecule has 4 heteroatoms. The molecule has 0 saturated heterocycles. The molecule has 2 atom stereocenters. The first kappa shape index (κ1) is 18.1. The number of carbonyl (C=O) groups is 2. The smallest absolute Gasteiger partial charge is 0.316 e. The fourth-order valence-corrected chi connectivity index (χ4v) is 2.04. The summed E-state index contributed by atoms with van der Waals surface area (Å²) >= 11 is 0. The zero-order chi connectivity index (χ0) is 15.2. The van der Waals surface area contributed by atoms with Gasteiger partial charge in [0, 0.05) is 6.61 Å². The minimum atomic E-state index is -0.754. The van der Waals surface area contributed by atoms with E-state index in [-0.39, 0.29) is 23.7 Å². The largest absolute Gasteiger partial charge is 0.465 e. The molecule has 0 spiro atoms. The van der Waals surface area contributed by atoms with Crippen LogP contribution in [0.15, 0.2) is 0 Å². The summed E-state index contributed by atoms with van der Waals surface area (Å²) in [5.74, 6) is -1.48. The SMILES string of the molecule is CCOC(=O)C(C(=O)C(OCC)C(C)(C)C)C(C)C. The van der Waals surface area contributed by atoms with Crippen LogP contribution < -0.4 is 0 Å². The van der Waals surface area contributed by atoms with Gasteiger partial charge in [0.2, 0.25) is 0 Å². The fourth-order valence-electron chi connectivity index (χ4n) is 2.04. The molecule has 0 aliphatic carbocycles. The van der Waals surface area contributed by atoms with Gasteiger partial charge in [-0.1, -0.05) is 34.6 Å². The van der Waals surface area contributed by atoms with E-state index in [9.17, 15) is 9.59 Å². The van der Waals surface area contributed by atoms with Crippen molar-refractivity contribution in [1.82, 2.24) is 0 Å². The summed E-state index contributed by atoms with van der Waals surface area (Å²) in [4.78, 5) is 24.6. The number of ketones is 1. The predicted molar refractivity (Wildman–Crippen MR) is 74.8 cm³/mol. The van der Waals surface area contributed by atoms with Gasteiger partial charge in [-0.05, 0) is 25.2 Å². The lowest BCUT2D eigenvalue weighted by atomic mass is 9.79. The Bertz CT molecular complexity index is 302. The van der Waals surface area contributed by atoms with Gasteiger partial charge in [-0.3, -0.25) is 9.59 Å². The highest BCUT2D eigenvalue weighted by molar-refractivity contribution is 6.01. The molecule has 0 aromatic rings. The number of hydrogen-bond acceptors (Lipinski definition) is 4. The molecule has 112 valence electrons. The summed E-state index contributed by atoms with van der Waals surface area (Å²) in [6, 6.07) is 0. The third kappa shape index (κ3) is 5.31. The highest BCUT2D eigenvalue weighted by Crippen LogP contribution is 2.28. The molecule has 0 saturated carbocycles. The van der Waals surface area contributed by atoms with Crippen LogP contribution in [0.5, 0.6) is 0 Å². The number of ether oxygens (including phenoxy) is 2. The molecule has 0 fully saturated rings. The average Bonchev–Trinajstić information content (AvgIpc) is 2.23. The average molecular weight is 272 g/mol. The van der Waals surface area contributed by atoms with Gasteiger partial charge in [-0.2, -0.15) is 0 Å². The zero-order valence-corrected chi connectivity index (χ0v) is 13.3. The molecule has 0 aromatic carbocycles. The van der Waals surface area contributed by atoms with Crippen LogP contribution in [0.2, 0.25) is 0 Å². The molecule has 0 amide bonds. The van der Waals surface area contributed by atoms with E-state index >= 15 is 0 Å². The van der Waals surface area contributed by atoms with Crippen LogP contribution in [0.3, 0.4) is 0 Å². The van der Waals surface area contributed by atoms with Gasteiger partial charge in [0.1, 0.15) is 12.0 Å². The monoisotopic (exact) mass is 272 g/mol. The summed E-state index contributed by atoms with van der Waals surface area (Å²) in [6.07, 6.45) is -0.589. The van der Waals surface area contributed by atoms with E-state index in [0.717, 1.165) is 0 Å². The van der Waals surface area contributed by atoms with Crippen LogP contribution in [0, 0.1) is 17.3 Å². The van der Waals surface area contributed by atoms with Crippen molar-refractivity contribution in [1.29, 1.82) is 0 Å². The summed E-state index contributed by atoms with van der Waals surface area (Å²) in [7, 11) is 0. The Morgan fingerprint density at radius 2 is 1.58 bits per heavy atom. The molecule has 19 heavy (non-hydrogen) atoms. The maximum absolute atomic E-state index is 12.6. The topological polar surface area (TPSA) is 52.6 Å². The van der Waals surface area contributed by atoms with E-state index in [4.69, 9.17) is 9.47 Å². The van der Waals surface area contributed by atoms with Gasteiger partial charge in [-0.25, -0.2) is 0 Å². The highest BCUT2D eigenvalue weighted by Gasteiger charge is 2.41. The van der Waals surface area contributed by atoms with Gasteiger partial charge in [0.05, 0.1) is 6.61 Å². The highest BCUT2D eigenvalue weighted by atomic mass is 16.5. The molecule has 0 radical (unpaired) electrons. The predicted octanol–water partition coefficient (Wildman–Crippen LogP) is 2.84. The number of esters is 1. The first-order valence-electron chi connectivity index (χ1n) is 6.98. The minimum Gasteiger partial charge on any atom is -0.465 e. The van der Waals surface area contributed by atoms with Gasteiger partial charge in [0.25, 0.3) is 0 Å². The summed E-state index contributed by atoms with van der Waals surface area (Å²) in [5, 5.41) is 0. The van der Waals surface area contributed by atoms with E-state index in [0.29, 0.717) is 6.61 Å². The summed E-state index contributed by atoms with van der Waals surface area (Å²) in [5.41, 5.74) is -0.341. The van der Waals surface area contributed by atoms with E-state index in [1.54, 1.807) is 6.92 Å². The molecule has 2 unspecified atom stereocenters. The number of hydrogen-bond donors (Lipinski definition) is 0. The third-order valence-electron chi connectivity index (χ3n) is 2.89. The zero-order valence-electron chi connectivity index (χ0n) is 13.3. The normalized spacial score (nSPS) is 15.2. The molecular formula is C15H28O4. The van der Waals surface area contributed by atoms with Crippen LogP contribution in [-0.2, 0) is 19.1 Å². The number of Topliss-reactive ketones (excluding diaryl/α,β-unsaturated/α-hetero) is 1. The Kier molecular flexibility index (Phi) is 7.27. The molecule has 0 N–H and O–H groups in total. The number of rotatable bonds is 7. The minimum absolute atomic E-state index is 0.100. The molecule has 4 nitrogen and oxygen atoms in total. The van der Waals surface area contributed by atoms with Crippen LogP contribution in [-0.4, -0.2) is 31.1 Å². The Balaban J connectivity index is 5.20. The second-order valence-electron chi connectivity index (χ2n) is 6.08. The van der Waals surface area contributed by atoms with Gasteiger partial charge < -0.3 is 9.47 Å². The Morgan fingerprint density at radius 1 is 1.05 bits per heavy atom. The van der Waals surface area contributed by atoms with Crippen molar-refractivity contribution in [3.63, 3.8) is 0 Å². The van der Waals surface area contributed by atoms with Crippen molar-refractivity contribution in [2.45, 2.75) is 54.6 Å². The Morgan fingerprint density at radius 3 is 1.89 bits per heavy atom. The van der Waals surface area contributed by atoms with Crippen molar-refractivity contribution in [2.75, 3.05) is 13.2 Å². The van der Waals surface area contributed by atoms with Crippen LogP contribution in [0.4, 0.5) is 0 Å². The molecule has 0 aliphatic rings. The van der Waals surface area contributed by atoms with Gasteiger partial charge >= 0.3 is 5.97 Å². The maximum Gasteiger partial charge on any atom is 0.316 e. The standard InChI is InChI=1S/C15H28O4/c1-8-18-13(15(5,6)7)12(16)11(10(3)4)14(17)19-9-2/h10-11,13H,8-9H2,1-7H3. The molecule has 0 bridgehead atoms. The van der Waals surface area contributed by atoms with E-state index in [2.05, 4.69) is 0 Å². The van der Waals surface area contributed by atoms with Crippen molar-refractivity contribution >= 4 is 11.8 Å². The number of carbonyl (C=O) groups excluding carboxylic acids is 2. The first-order valence-corrected chi connectivity index (χ1v) is 6.98. The lowest BCUT2D eigenvalue weighted by molar-refractivity contribution is -0.159. The first-order chi connectivity index (χ1) is 8.66. The van der Waals surface area contributed by atoms with Crippen molar-refractivity contribution in [3.05, 3.63) is 0 Å². The van der Waals surface area contributed by atoms with E-state index in [1.165, 1.54) is 0 Å². The van der Waals surface area contributed by atoms with Crippen LogP contribution >= 0.6 is 0 Å². The lowest BCUT2D eigenvalue weighted by Gasteiger charge is -2.32. The van der Waals surface area contributed by atoms with Gasteiger partial charge in [0.15, 0.2) is 5.78 Å². The molecule has 0 aliphatic heterocycles. The van der Waals surface area contributed by atoms with Crippen molar-refractivity contribution in [2.24, 2.45) is 17.3 Å².